The molecule has 0 saturated carbocycles. The van der Waals surface area contributed by atoms with Crippen molar-refractivity contribution in [3.05, 3.63) is 23.6 Å². The minimum Gasteiger partial charge on any atom is -0.129 e. The molecule has 0 unspecified atom stereocenters. The summed E-state index contributed by atoms with van der Waals surface area (Å²) in [6.45, 7) is 0. The molecule has 0 N–H and O–H groups in total. The fraction of sp³-hybridized carbons (Fsp3) is 0. The molecule has 2 heteroatoms. The molecule has 30 valence electrons. The van der Waals surface area contributed by atoms with Gasteiger partial charge >= 0.3 is 0 Å². The lowest BCUT2D eigenvalue weighted by molar-refractivity contribution is 2.15. The lowest BCUT2D eigenvalue weighted by Gasteiger charge is -1.64. The molecule has 0 aromatic rings. The zero-order valence-corrected chi connectivity index (χ0v) is 5.03. The summed E-state index contributed by atoms with van der Waals surface area (Å²) in [5.74, 6) is 0. The molecule has 6 heavy (non-hydrogen) atoms. The molecule has 0 aromatic carbocycles. The standard InChI is InChI=1S/C4H4SSi/c5-6-3-1-2-4-6/h1-4H. The molecule has 0 bridgehead atoms. The van der Waals surface area contributed by atoms with E-state index < -0.39 is 7.50 Å². The molecular weight excluding hydrogens is 108 g/mol. The van der Waals surface area contributed by atoms with Crippen molar-refractivity contribution in [2.75, 3.05) is 0 Å². The third-order valence-electron chi connectivity index (χ3n) is 0.632. The van der Waals surface area contributed by atoms with Crippen LogP contribution in [0.5, 0.6) is 0 Å². The van der Waals surface area contributed by atoms with Gasteiger partial charge in [0.25, 0.3) is 0 Å². The molecule has 0 aromatic heterocycles. The van der Waals surface area contributed by atoms with Gasteiger partial charge in [-0.2, -0.15) is 0 Å². The molecule has 0 spiro atoms. The second kappa shape index (κ2) is 1.58. The van der Waals surface area contributed by atoms with E-state index in [2.05, 4.69) is 11.4 Å². The third-order valence-corrected chi connectivity index (χ3v) is 2.49. The van der Waals surface area contributed by atoms with E-state index in [0.717, 1.165) is 0 Å². The van der Waals surface area contributed by atoms with E-state index in [4.69, 9.17) is 11.6 Å². The zero-order chi connectivity index (χ0) is 4.41. The lowest BCUT2D eigenvalue weighted by atomic mass is 10.6. The van der Waals surface area contributed by atoms with Gasteiger partial charge in [0, 0.05) is 0 Å². The molecule has 0 atom stereocenters. The van der Waals surface area contributed by atoms with Gasteiger partial charge in [-0.1, -0.05) is 23.6 Å². The third kappa shape index (κ3) is 0.697. The normalized spacial score (nSPS) is 17.0. The molecule has 1 aliphatic heterocycles. The summed E-state index contributed by atoms with van der Waals surface area (Å²) < 4.78 is 0. The predicted molar refractivity (Wildman–Crippen MR) is 31.6 cm³/mol. The molecule has 1 aliphatic rings. The predicted octanol–water partition coefficient (Wildman–Crippen LogP) is 1.38. The average Bonchev–Trinajstić information content (AvgIpc) is 1.86. The van der Waals surface area contributed by atoms with Crippen LogP contribution in [0.15, 0.2) is 23.6 Å². The first kappa shape index (κ1) is 4.09. The van der Waals surface area contributed by atoms with Crippen molar-refractivity contribution in [2.45, 2.75) is 0 Å². The van der Waals surface area contributed by atoms with Crippen molar-refractivity contribution in [3.63, 3.8) is 0 Å². The summed E-state index contributed by atoms with van der Waals surface area (Å²) in [5, 5.41) is 0. The van der Waals surface area contributed by atoms with E-state index >= 15 is 0 Å². The molecule has 0 amide bonds. The summed E-state index contributed by atoms with van der Waals surface area (Å²) in [4.78, 5) is 0. The van der Waals surface area contributed by atoms with Crippen LogP contribution in [-0.2, 0) is 0 Å². The monoisotopic (exact) mass is 112 g/mol. The van der Waals surface area contributed by atoms with E-state index in [1.165, 1.54) is 0 Å². The van der Waals surface area contributed by atoms with Crippen molar-refractivity contribution < 1.29 is 0 Å². The highest BCUT2D eigenvalue weighted by atomic mass is 32.2. The van der Waals surface area contributed by atoms with Crippen molar-refractivity contribution >= 4 is 19.1 Å². The zero-order valence-electron chi connectivity index (χ0n) is 3.22. The maximum absolute atomic E-state index is 4.93. The minimum atomic E-state index is -0.535. The SMILES string of the molecule is S=[Si]1C=CC=C1. The number of allylic oxidation sites excluding steroid dienone is 2. The maximum atomic E-state index is 4.93. The highest BCUT2D eigenvalue weighted by Crippen LogP contribution is 1.90. The molecule has 0 radical (unpaired) electrons. The molecule has 0 aliphatic carbocycles. The molecule has 0 nitrogen and oxygen atoms in total. The van der Waals surface area contributed by atoms with E-state index in [0.29, 0.717) is 0 Å². The largest absolute Gasteiger partial charge is 0.147 e. The van der Waals surface area contributed by atoms with Crippen LogP contribution in [0.2, 0.25) is 0 Å². The van der Waals surface area contributed by atoms with Crippen LogP contribution in [0, 0.1) is 0 Å². The Morgan fingerprint density at radius 3 is 1.83 bits per heavy atom. The summed E-state index contributed by atoms with van der Waals surface area (Å²) in [7, 11) is -0.535. The van der Waals surface area contributed by atoms with Gasteiger partial charge in [0.15, 0.2) is 0 Å². The van der Waals surface area contributed by atoms with Crippen molar-refractivity contribution in [2.24, 2.45) is 0 Å². The fourth-order valence-corrected chi connectivity index (χ4v) is 1.54. The van der Waals surface area contributed by atoms with E-state index in [1.807, 2.05) is 12.2 Å². The Bertz CT molecular complexity index is 110. The van der Waals surface area contributed by atoms with Crippen LogP contribution >= 0.6 is 11.6 Å². The smallest absolute Gasteiger partial charge is 0.129 e. The van der Waals surface area contributed by atoms with Gasteiger partial charge in [-0.15, -0.1) is 11.6 Å². The highest BCUT2D eigenvalue weighted by Gasteiger charge is 1.86. The first-order valence-electron chi connectivity index (χ1n) is 1.78. The van der Waals surface area contributed by atoms with Crippen LogP contribution in [0.1, 0.15) is 0 Å². The first-order chi connectivity index (χ1) is 2.89. The van der Waals surface area contributed by atoms with Gasteiger partial charge in [0.05, 0.1) is 0 Å². The second-order valence-corrected chi connectivity index (χ2v) is 4.01. The summed E-state index contributed by atoms with van der Waals surface area (Å²) >= 11 is 4.93. The summed E-state index contributed by atoms with van der Waals surface area (Å²) in [6.07, 6.45) is 4.03. The molecule has 0 saturated heterocycles. The highest BCUT2D eigenvalue weighted by molar-refractivity contribution is 7.89. The van der Waals surface area contributed by atoms with E-state index in [9.17, 15) is 0 Å². The Morgan fingerprint density at radius 2 is 1.67 bits per heavy atom. The van der Waals surface area contributed by atoms with Gasteiger partial charge in [0.2, 0.25) is 0 Å². The van der Waals surface area contributed by atoms with Gasteiger partial charge in [-0.3, -0.25) is 0 Å². The van der Waals surface area contributed by atoms with Crippen molar-refractivity contribution in [3.8, 4) is 0 Å². The average molecular weight is 112 g/mol. The molecule has 1 rings (SSSR count). The number of rotatable bonds is 0. The molecule has 0 fully saturated rings. The first-order valence-corrected chi connectivity index (χ1v) is 4.57. The van der Waals surface area contributed by atoms with Crippen LogP contribution in [0.3, 0.4) is 0 Å². The van der Waals surface area contributed by atoms with Gasteiger partial charge in [-0.25, -0.2) is 0 Å². The van der Waals surface area contributed by atoms with Crippen LogP contribution < -0.4 is 0 Å². The Kier molecular flexibility index (Phi) is 1.07. The molecule has 1 heterocycles. The Labute approximate surface area is 43.3 Å². The Hall–Kier alpha value is -0.0831. The van der Waals surface area contributed by atoms with Gasteiger partial charge < -0.3 is 0 Å². The van der Waals surface area contributed by atoms with E-state index in [-0.39, 0.29) is 0 Å². The number of hydrogen-bond donors (Lipinski definition) is 0. The Morgan fingerprint density at radius 1 is 1.17 bits per heavy atom. The van der Waals surface area contributed by atoms with Crippen molar-refractivity contribution in [1.82, 2.24) is 0 Å². The maximum Gasteiger partial charge on any atom is 0.147 e. The van der Waals surface area contributed by atoms with Crippen LogP contribution in [-0.4, -0.2) is 7.50 Å². The van der Waals surface area contributed by atoms with Crippen LogP contribution in [0.4, 0.5) is 0 Å². The summed E-state index contributed by atoms with van der Waals surface area (Å²) in [6, 6.07) is 0. The minimum absolute atomic E-state index is 0.535. The lowest BCUT2D eigenvalue weighted by Crippen LogP contribution is -1.75. The fourth-order valence-electron chi connectivity index (χ4n) is 0.356. The number of hydrogen-bond acceptors (Lipinski definition) is 1. The van der Waals surface area contributed by atoms with Crippen LogP contribution in [0.25, 0.3) is 0 Å². The van der Waals surface area contributed by atoms with E-state index in [1.54, 1.807) is 0 Å². The second-order valence-electron chi connectivity index (χ2n) is 1.12. The topological polar surface area (TPSA) is 0 Å². The Balaban J connectivity index is 2.86. The quantitative estimate of drug-likeness (QED) is 0.427. The van der Waals surface area contributed by atoms with Gasteiger partial charge in [0.1, 0.15) is 7.50 Å². The summed E-state index contributed by atoms with van der Waals surface area (Å²) in [5.41, 5.74) is 4.17. The molecular formula is C4H4SSi. The van der Waals surface area contributed by atoms with Crippen molar-refractivity contribution in [1.29, 1.82) is 0 Å². The van der Waals surface area contributed by atoms with Gasteiger partial charge in [-0.05, 0) is 0 Å².